The van der Waals surface area contributed by atoms with Gasteiger partial charge < -0.3 is 20.3 Å². The van der Waals surface area contributed by atoms with Crippen molar-refractivity contribution in [1.82, 2.24) is 14.8 Å². The molecule has 1 fully saturated rings. The van der Waals surface area contributed by atoms with Gasteiger partial charge in [0.15, 0.2) is 0 Å². The number of nitrogens with zero attached hydrogens (tertiary/aromatic N) is 3. The number of aromatic nitrogens is 1. The molecule has 3 atom stereocenters. The molecule has 51 heavy (non-hydrogen) atoms. The zero-order valence-electron chi connectivity index (χ0n) is 29.7. The first-order valence-electron chi connectivity index (χ1n) is 17.9. The van der Waals surface area contributed by atoms with Gasteiger partial charge in [0.25, 0.3) is 0 Å². The average molecular weight is 698 g/mol. The second-order valence-corrected chi connectivity index (χ2v) is 15.5. The predicted molar refractivity (Wildman–Crippen MR) is 190 cm³/mol. The van der Waals surface area contributed by atoms with Crippen LogP contribution in [0.5, 0.6) is 0 Å². The minimum absolute atomic E-state index is 0.0528. The minimum Gasteiger partial charge on any atom is -0.444 e. The van der Waals surface area contributed by atoms with E-state index in [-0.39, 0.29) is 42.5 Å². The van der Waals surface area contributed by atoms with E-state index in [9.17, 15) is 18.8 Å². The topological polar surface area (TPSA) is 104 Å². The lowest BCUT2D eigenvalue weighted by Gasteiger charge is -2.52. The second kappa shape index (κ2) is 12.8. The van der Waals surface area contributed by atoms with Crippen molar-refractivity contribution in [3.05, 3.63) is 100 Å². The zero-order chi connectivity index (χ0) is 36.3. The summed E-state index contributed by atoms with van der Waals surface area (Å²) in [4.78, 5) is 49.7. The summed E-state index contributed by atoms with van der Waals surface area (Å²) in [6.07, 6.45) is 5.79. The van der Waals surface area contributed by atoms with Crippen LogP contribution in [0.25, 0.3) is 0 Å². The van der Waals surface area contributed by atoms with E-state index in [1.165, 1.54) is 15.9 Å². The van der Waals surface area contributed by atoms with Crippen LogP contribution in [0, 0.1) is 11.6 Å². The Morgan fingerprint density at radius 3 is 2.65 bits per heavy atom. The third-order valence-electron chi connectivity index (χ3n) is 11.0. The van der Waals surface area contributed by atoms with Crippen molar-refractivity contribution in [3.8, 4) is 0 Å². The maximum Gasteiger partial charge on any atom is 0.411 e. The Bertz CT molecular complexity index is 1940. The monoisotopic (exact) mass is 697 g/mol. The van der Waals surface area contributed by atoms with E-state index in [0.717, 1.165) is 53.5 Å². The fourth-order valence-electron chi connectivity index (χ4n) is 8.61. The molecule has 7 rings (SSSR count). The fraction of sp³-hybridized carbons (Fsp3) is 0.450. The highest BCUT2D eigenvalue weighted by Gasteiger charge is 2.56. The summed E-state index contributed by atoms with van der Waals surface area (Å²) < 4.78 is 35.9. The van der Waals surface area contributed by atoms with Crippen LogP contribution in [0.2, 0.25) is 0 Å². The predicted octanol–water partition coefficient (Wildman–Crippen LogP) is 7.14. The van der Waals surface area contributed by atoms with Crippen LogP contribution in [0.3, 0.4) is 0 Å². The van der Waals surface area contributed by atoms with Gasteiger partial charge >= 0.3 is 6.09 Å². The summed E-state index contributed by atoms with van der Waals surface area (Å²) in [5.74, 6) is -1.56. The number of carbonyl (C=O) groups is 3. The minimum atomic E-state index is -1.33. The summed E-state index contributed by atoms with van der Waals surface area (Å²) in [6, 6.07) is 11.0. The van der Waals surface area contributed by atoms with Gasteiger partial charge in [-0.3, -0.25) is 14.5 Å². The summed E-state index contributed by atoms with van der Waals surface area (Å²) in [5, 5.41) is 6.35. The molecule has 0 radical (unpaired) electrons. The number of pyridine rings is 1. The van der Waals surface area contributed by atoms with E-state index in [0.29, 0.717) is 24.9 Å². The van der Waals surface area contributed by atoms with Crippen LogP contribution < -0.4 is 10.6 Å². The van der Waals surface area contributed by atoms with Crippen molar-refractivity contribution in [3.63, 3.8) is 0 Å². The number of unbranched alkanes of at least 4 members (excludes halogenated alkanes) is 2. The Morgan fingerprint density at radius 2 is 1.88 bits per heavy atom. The van der Waals surface area contributed by atoms with Gasteiger partial charge in [0.05, 0.1) is 12.1 Å². The Balaban J connectivity index is 1.19. The molecule has 4 aliphatic rings. The van der Waals surface area contributed by atoms with Crippen LogP contribution in [-0.2, 0) is 44.5 Å². The number of allylic oxidation sites excluding steroid dienone is 1. The van der Waals surface area contributed by atoms with Gasteiger partial charge in [-0.05, 0) is 99.4 Å². The van der Waals surface area contributed by atoms with Crippen molar-refractivity contribution in [2.24, 2.45) is 0 Å². The highest BCUT2D eigenvalue weighted by Crippen LogP contribution is 2.51. The van der Waals surface area contributed by atoms with Crippen LogP contribution in [-0.4, -0.2) is 57.4 Å². The molecular weight excluding hydrogens is 652 g/mol. The van der Waals surface area contributed by atoms with Crippen molar-refractivity contribution in [2.45, 2.75) is 102 Å². The van der Waals surface area contributed by atoms with Gasteiger partial charge in [-0.15, -0.1) is 0 Å². The highest BCUT2D eigenvalue weighted by molar-refractivity contribution is 5.97. The van der Waals surface area contributed by atoms with Crippen molar-refractivity contribution < 1.29 is 27.9 Å². The van der Waals surface area contributed by atoms with Gasteiger partial charge in [0, 0.05) is 34.6 Å². The summed E-state index contributed by atoms with van der Waals surface area (Å²) in [6.45, 7) is 11.2. The molecule has 2 aliphatic carbocycles. The molecule has 3 heterocycles. The second-order valence-electron chi connectivity index (χ2n) is 15.5. The van der Waals surface area contributed by atoms with Crippen molar-refractivity contribution in [2.75, 3.05) is 23.7 Å². The van der Waals surface area contributed by atoms with Crippen molar-refractivity contribution >= 4 is 29.4 Å². The fourth-order valence-corrected chi connectivity index (χ4v) is 8.61. The van der Waals surface area contributed by atoms with Crippen LogP contribution in [0.15, 0.2) is 60.9 Å². The normalized spacial score (nSPS) is 23.4. The molecule has 2 spiro atoms. The third-order valence-corrected chi connectivity index (χ3v) is 11.0. The number of fused-ring (bicyclic) bond motifs is 5. The van der Waals surface area contributed by atoms with Gasteiger partial charge in [0.2, 0.25) is 11.8 Å². The first kappa shape index (κ1) is 34.6. The summed E-state index contributed by atoms with van der Waals surface area (Å²) in [5.41, 5.74) is 2.90. The van der Waals surface area contributed by atoms with Crippen LogP contribution >= 0.6 is 0 Å². The molecule has 1 saturated heterocycles. The molecule has 11 heteroatoms. The standard InChI is InChI=1S/C40H45F2N5O4/c1-6-7-8-11-33-36(49)47(40(23-46(33)37(50)51-38(3,4)5)15-14-29-31(40)18-27(41)19-32(29)42)22-34(48)45-28-13-12-25-20-39(21-26(25)17-28)24(2)44-35-30(39)10-9-16-43-35/h9-10,12-13,16-19,33H,2,6-8,11,14-15,20-23H2,1,3-5H3,(H,43,44)(H,45,48). The molecule has 268 valence electrons. The van der Waals surface area contributed by atoms with E-state index >= 15 is 4.39 Å². The maximum atomic E-state index is 15.2. The smallest absolute Gasteiger partial charge is 0.411 e. The molecular formula is C40H45F2N5O4. The molecule has 1 aromatic heterocycles. The van der Waals surface area contributed by atoms with Gasteiger partial charge in [-0.2, -0.15) is 0 Å². The number of benzene rings is 2. The number of hydrogen-bond acceptors (Lipinski definition) is 6. The Morgan fingerprint density at radius 1 is 1.10 bits per heavy atom. The van der Waals surface area contributed by atoms with E-state index in [2.05, 4.69) is 28.3 Å². The summed E-state index contributed by atoms with van der Waals surface area (Å²) >= 11 is 0. The van der Waals surface area contributed by atoms with Crippen molar-refractivity contribution in [1.29, 1.82) is 0 Å². The quantitative estimate of drug-likeness (QED) is 0.255. The van der Waals surface area contributed by atoms with Gasteiger partial charge in [-0.1, -0.05) is 44.9 Å². The molecule has 2 aromatic carbocycles. The van der Waals surface area contributed by atoms with Gasteiger partial charge in [0.1, 0.15) is 35.6 Å². The molecule has 3 amide bonds. The number of rotatable bonds is 7. The Hall–Kier alpha value is -4.80. The average Bonchev–Trinajstić information content (AvgIpc) is 3.71. The molecule has 3 aromatic rings. The number of carbonyl (C=O) groups excluding carboxylic acids is 3. The number of nitrogens with one attached hydrogen (secondary N) is 2. The lowest BCUT2D eigenvalue weighted by molar-refractivity contribution is -0.157. The number of amides is 3. The molecule has 0 bridgehead atoms. The number of ether oxygens (including phenoxy) is 1. The van der Waals surface area contributed by atoms with E-state index < -0.39 is 46.7 Å². The Labute approximate surface area is 297 Å². The molecule has 2 aliphatic heterocycles. The maximum absolute atomic E-state index is 15.2. The zero-order valence-corrected chi connectivity index (χ0v) is 29.7. The SMILES string of the molecule is C=C1Nc2ncccc2C12Cc1ccc(NC(=O)CN3C(=O)C(CCCCC)N(C(=O)OC(C)(C)C)CC34CCc3c(F)cc(F)cc34)cc1C2. The largest absolute Gasteiger partial charge is 0.444 e. The molecule has 3 unspecified atom stereocenters. The first-order valence-corrected chi connectivity index (χ1v) is 17.9. The van der Waals surface area contributed by atoms with Crippen LogP contribution in [0.1, 0.15) is 87.6 Å². The van der Waals surface area contributed by atoms with Crippen LogP contribution in [0.4, 0.5) is 25.1 Å². The number of hydrogen-bond donors (Lipinski definition) is 2. The summed E-state index contributed by atoms with van der Waals surface area (Å²) in [7, 11) is 0. The Kier molecular flexibility index (Phi) is 8.66. The molecule has 0 saturated carbocycles. The highest BCUT2D eigenvalue weighted by atomic mass is 19.1. The first-order chi connectivity index (χ1) is 24.2. The lowest BCUT2D eigenvalue weighted by Crippen LogP contribution is -2.68. The number of halogens is 2. The van der Waals surface area contributed by atoms with E-state index in [1.807, 2.05) is 31.2 Å². The molecule has 2 N–H and O–H groups in total. The van der Waals surface area contributed by atoms with E-state index in [1.54, 1.807) is 27.0 Å². The van der Waals surface area contributed by atoms with Gasteiger partial charge in [-0.25, -0.2) is 18.6 Å². The lowest BCUT2D eigenvalue weighted by atomic mass is 9.78. The number of piperazine rings is 1. The third kappa shape index (κ3) is 6.04. The van der Waals surface area contributed by atoms with E-state index in [4.69, 9.17) is 4.74 Å². The molecule has 9 nitrogen and oxygen atoms in total. The number of anilines is 2.